The van der Waals surface area contributed by atoms with Gasteiger partial charge in [-0.25, -0.2) is 4.98 Å². The summed E-state index contributed by atoms with van der Waals surface area (Å²) < 4.78 is 5.72. The summed E-state index contributed by atoms with van der Waals surface area (Å²) in [7, 11) is 0. The van der Waals surface area contributed by atoms with E-state index in [0.717, 1.165) is 30.7 Å². The maximum absolute atomic E-state index is 9.19. The number of nitrogens with zero attached hydrogens (tertiary/aromatic N) is 2. The van der Waals surface area contributed by atoms with E-state index < -0.39 is 0 Å². The lowest BCUT2D eigenvalue weighted by atomic mass is 10.0. The average molecular weight is 245 g/mol. The van der Waals surface area contributed by atoms with Crippen molar-refractivity contribution < 1.29 is 4.74 Å². The summed E-state index contributed by atoms with van der Waals surface area (Å²) in [6, 6.07) is 4.14. The molecule has 0 aliphatic carbocycles. The van der Waals surface area contributed by atoms with Gasteiger partial charge in [-0.1, -0.05) is 0 Å². The molecule has 1 saturated heterocycles. The van der Waals surface area contributed by atoms with E-state index >= 15 is 0 Å². The molecule has 0 amide bonds. The van der Waals surface area contributed by atoms with E-state index in [4.69, 9.17) is 4.74 Å². The van der Waals surface area contributed by atoms with Gasteiger partial charge in [-0.2, -0.15) is 5.26 Å². The monoisotopic (exact) mass is 245 g/mol. The highest BCUT2D eigenvalue weighted by atomic mass is 16.5. The van der Waals surface area contributed by atoms with Crippen molar-refractivity contribution in [3.8, 4) is 6.07 Å². The summed E-state index contributed by atoms with van der Waals surface area (Å²) in [5.41, 5.74) is 2.38. The van der Waals surface area contributed by atoms with E-state index in [-0.39, 0.29) is 5.60 Å². The minimum Gasteiger partial charge on any atom is -0.373 e. The Kier molecular flexibility index (Phi) is 3.53. The van der Waals surface area contributed by atoms with E-state index in [1.54, 1.807) is 0 Å². The first-order valence-electron chi connectivity index (χ1n) is 6.30. The van der Waals surface area contributed by atoms with Gasteiger partial charge in [0.2, 0.25) is 0 Å². The van der Waals surface area contributed by atoms with Crippen LogP contribution >= 0.6 is 0 Å². The van der Waals surface area contributed by atoms with Crippen molar-refractivity contribution in [3.05, 3.63) is 22.9 Å². The molecule has 1 fully saturated rings. The van der Waals surface area contributed by atoms with E-state index in [9.17, 15) is 5.26 Å². The Labute approximate surface area is 108 Å². The first-order valence-corrected chi connectivity index (χ1v) is 6.30. The smallest absolute Gasteiger partial charge is 0.144 e. The number of ether oxygens (including phenoxy) is 1. The van der Waals surface area contributed by atoms with Crippen LogP contribution < -0.4 is 5.32 Å². The quantitative estimate of drug-likeness (QED) is 0.889. The molecular weight excluding hydrogens is 226 g/mol. The SMILES string of the molecule is Cc1cc(C)c(C#N)c(NCC2(C)CCCO2)n1. The van der Waals surface area contributed by atoms with Gasteiger partial charge < -0.3 is 10.1 Å². The predicted molar refractivity (Wildman–Crippen MR) is 70.5 cm³/mol. The minimum atomic E-state index is -0.133. The minimum absolute atomic E-state index is 0.133. The molecule has 0 bridgehead atoms. The molecule has 2 heterocycles. The number of aryl methyl sites for hydroxylation is 2. The van der Waals surface area contributed by atoms with Crippen LogP contribution in [0.4, 0.5) is 5.82 Å². The first kappa shape index (κ1) is 12.8. The summed E-state index contributed by atoms with van der Waals surface area (Å²) >= 11 is 0. The van der Waals surface area contributed by atoms with Gasteiger partial charge in [-0.15, -0.1) is 0 Å². The van der Waals surface area contributed by atoms with Crippen LogP contribution in [-0.4, -0.2) is 23.7 Å². The third-order valence-electron chi connectivity index (χ3n) is 3.39. The Morgan fingerprint density at radius 3 is 2.94 bits per heavy atom. The number of nitriles is 1. The molecule has 18 heavy (non-hydrogen) atoms. The third-order valence-corrected chi connectivity index (χ3v) is 3.39. The van der Waals surface area contributed by atoms with Gasteiger partial charge >= 0.3 is 0 Å². The van der Waals surface area contributed by atoms with Gasteiger partial charge in [0, 0.05) is 18.8 Å². The maximum Gasteiger partial charge on any atom is 0.144 e. The number of nitrogens with one attached hydrogen (secondary N) is 1. The van der Waals surface area contributed by atoms with Crippen molar-refractivity contribution in [2.24, 2.45) is 0 Å². The highest BCUT2D eigenvalue weighted by Gasteiger charge is 2.29. The molecule has 1 aromatic rings. The fourth-order valence-corrected chi connectivity index (χ4v) is 2.35. The molecule has 0 spiro atoms. The van der Waals surface area contributed by atoms with Crippen LogP contribution in [0.5, 0.6) is 0 Å². The first-order chi connectivity index (χ1) is 8.54. The van der Waals surface area contributed by atoms with Gasteiger partial charge in [0.15, 0.2) is 0 Å². The number of rotatable bonds is 3. The molecule has 1 aliphatic rings. The van der Waals surface area contributed by atoms with Gasteiger partial charge in [-0.05, 0) is 45.2 Å². The normalized spacial score (nSPS) is 22.8. The molecule has 1 unspecified atom stereocenters. The zero-order valence-corrected chi connectivity index (χ0v) is 11.2. The van der Waals surface area contributed by atoms with Gasteiger partial charge in [-0.3, -0.25) is 0 Å². The Hall–Kier alpha value is -1.60. The molecule has 2 rings (SSSR count). The molecule has 0 radical (unpaired) electrons. The number of pyridine rings is 1. The largest absolute Gasteiger partial charge is 0.373 e. The van der Waals surface area contributed by atoms with Crippen molar-refractivity contribution in [1.29, 1.82) is 5.26 Å². The highest BCUT2D eigenvalue weighted by Crippen LogP contribution is 2.26. The Morgan fingerprint density at radius 2 is 2.33 bits per heavy atom. The summed E-state index contributed by atoms with van der Waals surface area (Å²) in [4.78, 5) is 4.41. The summed E-state index contributed by atoms with van der Waals surface area (Å²) in [6.45, 7) is 7.49. The van der Waals surface area contributed by atoms with E-state index in [2.05, 4.69) is 23.3 Å². The van der Waals surface area contributed by atoms with Gasteiger partial charge in [0.1, 0.15) is 11.9 Å². The third kappa shape index (κ3) is 2.62. The van der Waals surface area contributed by atoms with Gasteiger partial charge in [0.05, 0.1) is 11.2 Å². The second-order valence-electron chi connectivity index (χ2n) is 5.17. The zero-order chi connectivity index (χ0) is 13.2. The van der Waals surface area contributed by atoms with Crippen LogP contribution in [-0.2, 0) is 4.74 Å². The fourth-order valence-electron chi connectivity index (χ4n) is 2.35. The van der Waals surface area contributed by atoms with Gasteiger partial charge in [0.25, 0.3) is 0 Å². The van der Waals surface area contributed by atoms with E-state index in [1.165, 1.54) is 0 Å². The molecule has 1 atom stereocenters. The second-order valence-corrected chi connectivity index (χ2v) is 5.17. The molecule has 1 aliphatic heterocycles. The number of hydrogen-bond donors (Lipinski definition) is 1. The van der Waals surface area contributed by atoms with Crippen LogP contribution in [0.1, 0.15) is 36.6 Å². The van der Waals surface area contributed by atoms with Crippen LogP contribution in [0.2, 0.25) is 0 Å². The lowest BCUT2D eigenvalue weighted by Crippen LogP contribution is -2.33. The highest BCUT2D eigenvalue weighted by molar-refractivity contribution is 5.56. The second kappa shape index (κ2) is 4.95. The number of hydrogen-bond acceptors (Lipinski definition) is 4. The van der Waals surface area contributed by atoms with Crippen molar-refractivity contribution >= 4 is 5.82 Å². The Balaban J connectivity index is 2.16. The van der Waals surface area contributed by atoms with E-state index in [1.807, 2.05) is 19.9 Å². The van der Waals surface area contributed by atoms with Crippen LogP contribution in [0.25, 0.3) is 0 Å². The molecule has 96 valence electrons. The molecule has 1 aromatic heterocycles. The average Bonchev–Trinajstić information content (AvgIpc) is 2.73. The fraction of sp³-hybridized carbons (Fsp3) is 0.571. The number of anilines is 1. The lowest BCUT2D eigenvalue weighted by molar-refractivity contribution is 0.0314. The summed E-state index contributed by atoms with van der Waals surface area (Å²) in [5.74, 6) is 0.673. The Bertz CT molecular complexity index is 485. The molecule has 0 aromatic carbocycles. The zero-order valence-electron chi connectivity index (χ0n) is 11.2. The summed E-state index contributed by atoms with van der Waals surface area (Å²) in [5, 5.41) is 12.5. The summed E-state index contributed by atoms with van der Waals surface area (Å²) in [6.07, 6.45) is 2.15. The van der Waals surface area contributed by atoms with Crippen LogP contribution in [0.15, 0.2) is 6.07 Å². The van der Waals surface area contributed by atoms with Crippen LogP contribution in [0.3, 0.4) is 0 Å². The van der Waals surface area contributed by atoms with Crippen molar-refractivity contribution in [3.63, 3.8) is 0 Å². The molecule has 4 nitrogen and oxygen atoms in total. The number of aromatic nitrogens is 1. The van der Waals surface area contributed by atoms with Crippen molar-refractivity contribution in [2.45, 2.75) is 39.2 Å². The molecule has 4 heteroatoms. The molecule has 1 N–H and O–H groups in total. The van der Waals surface area contributed by atoms with E-state index in [0.29, 0.717) is 17.9 Å². The standard InChI is InChI=1S/C14H19N3O/c1-10-7-11(2)17-13(12(10)8-15)16-9-14(3)5-4-6-18-14/h7H,4-6,9H2,1-3H3,(H,16,17). The lowest BCUT2D eigenvalue weighted by Gasteiger charge is -2.24. The Morgan fingerprint density at radius 1 is 1.56 bits per heavy atom. The van der Waals surface area contributed by atoms with Crippen LogP contribution in [0, 0.1) is 25.2 Å². The molecule has 0 saturated carbocycles. The van der Waals surface area contributed by atoms with Crippen molar-refractivity contribution in [1.82, 2.24) is 4.98 Å². The molecular formula is C14H19N3O. The maximum atomic E-state index is 9.19. The predicted octanol–water partition coefficient (Wildman–Crippen LogP) is 2.55. The topological polar surface area (TPSA) is 57.9 Å². The van der Waals surface area contributed by atoms with Crippen molar-refractivity contribution in [2.75, 3.05) is 18.5 Å².